The second-order valence-electron chi connectivity index (χ2n) is 3.58. The summed E-state index contributed by atoms with van der Waals surface area (Å²) in [7, 11) is 4.33. The molecule has 1 atom stereocenters. The van der Waals surface area contributed by atoms with Gasteiger partial charge in [-0.25, -0.2) is 4.99 Å². The molecule has 0 radical (unpaired) electrons. The van der Waals surface area contributed by atoms with Gasteiger partial charge in [0.2, 0.25) is 5.91 Å². The van der Waals surface area contributed by atoms with Crippen molar-refractivity contribution in [2.75, 3.05) is 7.05 Å². The van der Waals surface area contributed by atoms with Crippen molar-refractivity contribution < 1.29 is 4.79 Å². The quantitative estimate of drug-likeness (QED) is 0.549. The van der Waals surface area contributed by atoms with E-state index in [4.69, 9.17) is 0 Å². The van der Waals surface area contributed by atoms with E-state index >= 15 is 0 Å². The number of hydrogen-bond donors (Lipinski definition) is 0. The predicted molar refractivity (Wildman–Crippen MR) is 73.4 cm³/mol. The van der Waals surface area contributed by atoms with Crippen molar-refractivity contribution >= 4 is 21.4 Å². The molecule has 1 unspecified atom stereocenters. The molecule has 0 aromatic carbocycles. The van der Waals surface area contributed by atoms with Gasteiger partial charge in [-0.2, -0.15) is 0 Å². The van der Waals surface area contributed by atoms with Gasteiger partial charge in [0.15, 0.2) is 0 Å². The first-order valence-corrected chi connectivity index (χ1v) is 5.91. The van der Waals surface area contributed by atoms with Gasteiger partial charge in [-0.3, -0.25) is 4.79 Å². The number of rotatable bonds is 4. The number of amides is 1. The molecule has 0 heterocycles. The van der Waals surface area contributed by atoms with Crippen molar-refractivity contribution in [3.05, 3.63) is 22.8 Å². The maximum Gasteiger partial charge on any atom is 0.224 e. The van der Waals surface area contributed by atoms with Gasteiger partial charge in [0.1, 0.15) is 5.82 Å². The summed E-state index contributed by atoms with van der Waals surface area (Å²) in [5, 5.41) is 0.998. The SMILES string of the molecule is C\C=C(P)/C=N/C(=C(\C)CC)N(C)C(C)=O. The number of carbonyl (C=O) groups is 1. The van der Waals surface area contributed by atoms with Gasteiger partial charge < -0.3 is 4.90 Å². The molecule has 3 nitrogen and oxygen atoms in total. The third-order valence-corrected chi connectivity index (χ3v) is 2.85. The Hall–Kier alpha value is -0.950. The van der Waals surface area contributed by atoms with Crippen molar-refractivity contribution in [1.82, 2.24) is 4.90 Å². The van der Waals surface area contributed by atoms with Gasteiger partial charge in [-0.05, 0) is 31.2 Å². The lowest BCUT2D eigenvalue weighted by molar-refractivity contribution is -0.125. The van der Waals surface area contributed by atoms with E-state index in [0.717, 1.165) is 23.1 Å². The van der Waals surface area contributed by atoms with Crippen LogP contribution < -0.4 is 0 Å². The number of nitrogens with zero attached hydrogens (tertiary/aromatic N) is 2. The van der Waals surface area contributed by atoms with E-state index in [9.17, 15) is 4.79 Å². The Morgan fingerprint density at radius 2 is 2.00 bits per heavy atom. The van der Waals surface area contributed by atoms with Gasteiger partial charge in [-0.15, -0.1) is 9.24 Å². The van der Waals surface area contributed by atoms with Gasteiger partial charge in [0.05, 0.1) is 0 Å². The summed E-state index contributed by atoms with van der Waals surface area (Å²) in [6.07, 6.45) is 4.58. The minimum absolute atomic E-state index is 0.00858. The zero-order chi connectivity index (χ0) is 12.7. The van der Waals surface area contributed by atoms with Crippen LogP contribution in [0.4, 0.5) is 0 Å². The molecule has 1 amide bonds. The molecule has 0 fully saturated rings. The highest BCUT2D eigenvalue weighted by atomic mass is 31.0. The normalized spacial score (nSPS) is 14.0. The Balaban J connectivity index is 5.14. The van der Waals surface area contributed by atoms with Crippen molar-refractivity contribution in [1.29, 1.82) is 0 Å². The van der Waals surface area contributed by atoms with E-state index < -0.39 is 0 Å². The molecular formula is C12H21N2OP. The fraction of sp³-hybridized carbons (Fsp3) is 0.500. The fourth-order valence-corrected chi connectivity index (χ4v) is 1.08. The lowest BCUT2D eigenvalue weighted by Crippen LogP contribution is -2.23. The topological polar surface area (TPSA) is 32.7 Å². The first kappa shape index (κ1) is 15.0. The van der Waals surface area contributed by atoms with Crippen LogP contribution in [0.5, 0.6) is 0 Å². The Bertz CT molecular complexity index is 343. The standard InChI is InChI=1S/C12H21N2OP/c1-6-9(3)12(14(5)10(4)15)13-8-11(16)7-2/h7-8H,6,16H2,1-5H3/b11-7+,12-9-,13-8+. The average molecular weight is 240 g/mol. The zero-order valence-electron chi connectivity index (χ0n) is 10.7. The van der Waals surface area contributed by atoms with Crippen molar-refractivity contribution in [2.45, 2.75) is 34.1 Å². The molecule has 16 heavy (non-hydrogen) atoms. The van der Waals surface area contributed by atoms with E-state index in [1.165, 1.54) is 6.92 Å². The second-order valence-corrected chi connectivity index (χ2v) is 4.25. The molecule has 0 saturated carbocycles. The van der Waals surface area contributed by atoms with Crippen molar-refractivity contribution in [2.24, 2.45) is 4.99 Å². The molecule has 0 spiro atoms. The Kier molecular flexibility index (Phi) is 6.91. The minimum atomic E-state index is -0.00858. The van der Waals surface area contributed by atoms with E-state index in [1.807, 2.05) is 19.9 Å². The molecule has 90 valence electrons. The van der Waals surface area contributed by atoms with Crippen LogP contribution in [0.15, 0.2) is 27.8 Å². The highest BCUT2D eigenvalue weighted by Crippen LogP contribution is 2.14. The molecule has 4 heteroatoms. The molecule has 0 bridgehead atoms. The van der Waals surface area contributed by atoms with Gasteiger partial charge >= 0.3 is 0 Å². The summed E-state index contributed by atoms with van der Waals surface area (Å²) in [5.74, 6) is 0.725. The van der Waals surface area contributed by atoms with Crippen LogP contribution in [-0.4, -0.2) is 24.1 Å². The fourth-order valence-electron chi connectivity index (χ4n) is 1.00. The minimum Gasteiger partial charge on any atom is -0.300 e. The molecular weight excluding hydrogens is 219 g/mol. The van der Waals surface area contributed by atoms with Crippen LogP contribution in [0, 0.1) is 0 Å². The van der Waals surface area contributed by atoms with E-state index in [-0.39, 0.29) is 5.91 Å². The second kappa shape index (κ2) is 7.34. The lowest BCUT2D eigenvalue weighted by Gasteiger charge is -2.17. The molecule has 0 rings (SSSR count). The molecule has 0 aliphatic carbocycles. The first-order chi connectivity index (χ1) is 7.43. The summed E-state index contributed by atoms with van der Waals surface area (Å²) < 4.78 is 0. The zero-order valence-corrected chi connectivity index (χ0v) is 11.9. The lowest BCUT2D eigenvalue weighted by atomic mass is 10.2. The van der Waals surface area contributed by atoms with Crippen LogP contribution in [0.25, 0.3) is 0 Å². The molecule has 0 saturated heterocycles. The van der Waals surface area contributed by atoms with Crippen LogP contribution in [0.2, 0.25) is 0 Å². The van der Waals surface area contributed by atoms with Gasteiger partial charge in [0, 0.05) is 20.2 Å². The van der Waals surface area contributed by atoms with Crippen LogP contribution >= 0.6 is 9.24 Å². The third-order valence-electron chi connectivity index (χ3n) is 2.37. The maximum atomic E-state index is 11.3. The maximum absolute atomic E-state index is 11.3. The largest absolute Gasteiger partial charge is 0.300 e. The Labute approximate surface area is 101 Å². The molecule has 0 aliphatic heterocycles. The smallest absolute Gasteiger partial charge is 0.224 e. The van der Waals surface area contributed by atoms with Gasteiger partial charge in [0.25, 0.3) is 0 Å². The number of aliphatic imine (C=N–C) groups is 1. The van der Waals surface area contributed by atoms with Crippen molar-refractivity contribution in [3.8, 4) is 0 Å². The predicted octanol–water partition coefficient (Wildman–Crippen LogP) is 2.96. The van der Waals surface area contributed by atoms with Gasteiger partial charge in [-0.1, -0.05) is 13.0 Å². The third kappa shape index (κ3) is 4.71. The molecule has 0 aromatic heterocycles. The highest BCUT2D eigenvalue weighted by Gasteiger charge is 2.09. The monoisotopic (exact) mass is 240 g/mol. The first-order valence-electron chi connectivity index (χ1n) is 5.33. The van der Waals surface area contributed by atoms with Crippen LogP contribution in [0.1, 0.15) is 34.1 Å². The summed E-state index contributed by atoms with van der Waals surface area (Å²) in [5.41, 5.74) is 1.10. The summed E-state index contributed by atoms with van der Waals surface area (Å²) in [4.78, 5) is 17.2. The van der Waals surface area contributed by atoms with E-state index in [1.54, 1.807) is 18.2 Å². The number of carbonyl (C=O) groups excluding carboxylic acids is 1. The van der Waals surface area contributed by atoms with Crippen LogP contribution in [-0.2, 0) is 4.79 Å². The number of allylic oxidation sites excluding steroid dienone is 3. The summed E-state index contributed by atoms with van der Waals surface area (Å²) >= 11 is 0. The Morgan fingerprint density at radius 3 is 2.38 bits per heavy atom. The average Bonchev–Trinajstić information content (AvgIpc) is 2.27. The van der Waals surface area contributed by atoms with E-state index in [2.05, 4.69) is 21.2 Å². The number of hydrogen-bond acceptors (Lipinski definition) is 2. The highest BCUT2D eigenvalue weighted by molar-refractivity contribution is 7.24. The summed E-state index contributed by atoms with van der Waals surface area (Å²) in [6, 6.07) is 0. The summed E-state index contributed by atoms with van der Waals surface area (Å²) in [6.45, 7) is 7.52. The molecule has 0 aliphatic rings. The molecule has 0 aromatic rings. The molecule has 0 N–H and O–H groups in total. The van der Waals surface area contributed by atoms with Crippen molar-refractivity contribution in [3.63, 3.8) is 0 Å². The van der Waals surface area contributed by atoms with E-state index in [0.29, 0.717) is 0 Å². The van der Waals surface area contributed by atoms with Crippen LogP contribution in [0.3, 0.4) is 0 Å². The Morgan fingerprint density at radius 1 is 1.44 bits per heavy atom.